The average Bonchev–Trinajstić information content (AvgIpc) is 2.37. The van der Waals surface area contributed by atoms with E-state index < -0.39 is 11.6 Å². The van der Waals surface area contributed by atoms with E-state index in [9.17, 15) is 14.7 Å². The molecule has 1 aromatic heterocycles. The molecule has 6 heteroatoms. The topological polar surface area (TPSA) is 86.0 Å². The fraction of sp³-hybridized carbons (Fsp3) is 0.231. The molecule has 0 fully saturated rings. The Balaban J connectivity index is 2.63. The second-order valence-electron chi connectivity index (χ2n) is 3.73. The maximum atomic E-state index is 11.6. The predicted molar refractivity (Wildman–Crippen MR) is 66.7 cm³/mol. The van der Waals surface area contributed by atoms with Crippen LogP contribution in [0.4, 0.5) is 0 Å². The average molecular weight is 264 g/mol. The molecule has 0 aliphatic rings. The lowest BCUT2D eigenvalue weighted by molar-refractivity contribution is 0.0522. The number of phenols is 1. The van der Waals surface area contributed by atoms with E-state index in [1.165, 1.54) is 25.3 Å². The number of aromatic hydroxyl groups is 1. The number of fused-ring (bicyclic) bond motifs is 1. The lowest BCUT2D eigenvalue weighted by atomic mass is 10.1. The van der Waals surface area contributed by atoms with Crippen LogP contribution in [0.5, 0.6) is 11.5 Å². The molecule has 2 rings (SSSR count). The van der Waals surface area contributed by atoms with Crippen molar-refractivity contribution in [3.05, 3.63) is 34.2 Å². The third-order valence-electron chi connectivity index (χ3n) is 2.53. The second kappa shape index (κ2) is 5.01. The Morgan fingerprint density at radius 2 is 2.11 bits per heavy atom. The fourth-order valence-corrected chi connectivity index (χ4v) is 1.65. The molecule has 0 saturated carbocycles. The first-order valence-electron chi connectivity index (χ1n) is 5.58. The van der Waals surface area contributed by atoms with Crippen molar-refractivity contribution in [1.29, 1.82) is 0 Å². The number of carbonyl (C=O) groups is 1. The molecule has 1 N–H and O–H groups in total. The van der Waals surface area contributed by atoms with Crippen molar-refractivity contribution < 1.29 is 23.8 Å². The highest BCUT2D eigenvalue weighted by Gasteiger charge is 2.16. The maximum Gasteiger partial charge on any atom is 0.351 e. The zero-order valence-corrected chi connectivity index (χ0v) is 10.4. The number of methoxy groups -OCH3 is 1. The standard InChI is InChI=1S/C13H12O6/c1-3-18-12(15)8-4-7-5-11(17-2)9(14)6-10(7)19-13(8)16/h4-6,14H,3H2,1-2H3. The number of esters is 1. The minimum atomic E-state index is -0.810. The molecule has 19 heavy (non-hydrogen) atoms. The smallest absolute Gasteiger partial charge is 0.351 e. The summed E-state index contributed by atoms with van der Waals surface area (Å²) in [6.45, 7) is 1.80. The fourth-order valence-electron chi connectivity index (χ4n) is 1.65. The minimum Gasteiger partial charge on any atom is -0.504 e. The summed E-state index contributed by atoms with van der Waals surface area (Å²) in [5.74, 6) is -0.677. The molecule has 1 aromatic carbocycles. The van der Waals surface area contributed by atoms with Gasteiger partial charge >= 0.3 is 11.6 Å². The lowest BCUT2D eigenvalue weighted by Crippen LogP contribution is -2.16. The highest BCUT2D eigenvalue weighted by molar-refractivity contribution is 5.93. The Morgan fingerprint density at radius 1 is 1.37 bits per heavy atom. The summed E-state index contributed by atoms with van der Waals surface area (Å²) in [6, 6.07) is 4.07. The maximum absolute atomic E-state index is 11.6. The summed E-state index contributed by atoms with van der Waals surface area (Å²) < 4.78 is 14.7. The molecular formula is C13H12O6. The largest absolute Gasteiger partial charge is 0.504 e. The molecule has 0 amide bonds. The van der Waals surface area contributed by atoms with Gasteiger partial charge in [-0.3, -0.25) is 0 Å². The summed E-state index contributed by atoms with van der Waals surface area (Å²) in [5.41, 5.74) is -0.839. The Kier molecular flexibility index (Phi) is 3.41. The van der Waals surface area contributed by atoms with Crippen molar-refractivity contribution >= 4 is 16.9 Å². The van der Waals surface area contributed by atoms with Gasteiger partial charge in [0.2, 0.25) is 0 Å². The Bertz CT molecular complexity index is 685. The predicted octanol–water partition coefficient (Wildman–Crippen LogP) is 1.68. The number of hydrogen-bond donors (Lipinski definition) is 1. The van der Waals surface area contributed by atoms with Crippen LogP contribution in [0.15, 0.2) is 27.4 Å². The molecule has 0 saturated heterocycles. The van der Waals surface area contributed by atoms with Crippen LogP contribution in [-0.2, 0) is 4.74 Å². The van der Waals surface area contributed by atoms with Crippen molar-refractivity contribution in [2.45, 2.75) is 6.92 Å². The molecule has 0 bridgehead atoms. The molecule has 0 radical (unpaired) electrons. The monoisotopic (exact) mass is 264 g/mol. The first-order valence-corrected chi connectivity index (χ1v) is 5.58. The van der Waals surface area contributed by atoms with Crippen LogP contribution in [0.25, 0.3) is 11.0 Å². The summed E-state index contributed by atoms with van der Waals surface area (Å²) in [5, 5.41) is 10.0. The summed E-state index contributed by atoms with van der Waals surface area (Å²) >= 11 is 0. The molecule has 100 valence electrons. The molecule has 0 aliphatic carbocycles. The third-order valence-corrected chi connectivity index (χ3v) is 2.53. The van der Waals surface area contributed by atoms with Crippen LogP contribution < -0.4 is 10.4 Å². The van der Waals surface area contributed by atoms with E-state index in [2.05, 4.69) is 0 Å². The Morgan fingerprint density at radius 3 is 2.74 bits per heavy atom. The van der Waals surface area contributed by atoms with Crippen molar-refractivity contribution in [1.82, 2.24) is 0 Å². The molecule has 0 aliphatic heterocycles. The van der Waals surface area contributed by atoms with Crippen molar-refractivity contribution in [2.24, 2.45) is 0 Å². The van der Waals surface area contributed by atoms with E-state index in [1.54, 1.807) is 6.92 Å². The molecule has 0 unspecified atom stereocenters. The Labute approximate surface area is 108 Å². The van der Waals surface area contributed by atoms with Crippen molar-refractivity contribution in [2.75, 3.05) is 13.7 Å². The van der Waals surface area contributed by atoms with Crippen LogP contribution in [0, 0.1) is 0 Å². The van der Waals surface area contributed by atoms with Crippen LogP contribution in [0.2, 0.25) is 0 Å². The summed E-state index contributed by atoms with van der Waals surface area (Å²) in [6.07, 6.45) is 0. The Hall–Kier alpha value is -2.50. The number of carbonyl (C=O) groups excluding carboxylic acids is 1. The van der Waals surface area contributed by atoms with Gasteiger partial charge in [0.1, 0.15) is 11.1 Å². The molecule has 0 spiro atoms. The van der Waals surface area contributed by atoms with Gasteiger partial charge in [0.05, 0.1) is 13.7 Å². The number of ether oxygens (including phenoxy) is 2. The summed E-state index contributed by atoms with van der Waals surface area (Å²) in [7, 11) is 1.40. The van der Waals surface area contributed by atoms with Crippen molar-refractivity contribution in [3.8, 4) is 11.5 Å². The molecule has 6 nitrogen and oxygen atoms in total. The van der Waals surface area contributed by atoms with Crippen LogP contribution in [0.1, 0.15) is 17.3 Å². The molecular weight excluding hydrogens is 252 g/mol. The van der Waals surface area contributed by atoms with Gasteiger partial charge in [-0.25, -0.2) is 9.59 Å². The lowest BCUT2D eigenvalue weighted by Gasteiger charge is -2.06. The van der Waals surface area contributed by atoms with E-state index in [0.29, 0.717) is 5.39 Å². The van der Waals surface area contributed by atoms with E-state index >= 15 is 0 Å². The minimum absolute atomic E-state index is 0.151. The van der Waals surface area contributed by atoms with Gasteiger partial charge in [-0.15, -0.1) is 0 Å². The normalized spacial score (nSPS) is 10.4. The van der Waals surface area contributed by atoms with Crippen LogP contribution in [0.3, 0.4) is 0 Å². The van der Waals surface area contributed by atoms with Crippen molar-refractivity contribution in [3.63, 3.8) is 0 Å². The molecule has 0 atom stereocenters. The van der Waals surface area contributed by atoms with Gasteiger partial charge < -0.3 is 19.0 Å². The quantitative estimate of drug-likeness (QED) is 0.670. The van der Waals surface area contributed by atoms with E-state index in [4.69, 9.17) is 13.9 Å². The number of benzene rings is 1. The highest BCUT2D eigenvalue weighted by atomic mass is 16.5. The molecule has 1 heterocycles. The first-order chi connectivity index (χ1) is 9.06. The molecule has 2 aromatic rings. The van der Waals surface area contributed by atoms with E-state index in [0.717, 1.165) is 0 Å². The first kappa shape index (κ1) is 12.9. The van der Waals surface area contributed by atoms with Gasteiger partial charge in [-0.2, -0.15) is 0 Å². The zero-order chi connectivity index (χ0) is 14.0. The SMILES string of the molecule is CCOC(=O)c1cc2cc(OC)c(O)cc2oc1=O. The number of hydrogen-bond acceptors (Lipinski definition) is 6. The second-order valence-corrected chi connectivity index (χ2v) is 3.73. The number of rotatable bonds is 3. The van der Waals surface area contributed by atoms with Gasteiger partial charge in [-0.1, -0.05) is 0 Å². The van der Waals surface area contributed by atoms with Gasteiger partial charge in [0.15, 0.2) is 11.5 Å². The van der Waals surface area contributed by atoms with Crippen LogP contribution in [-0.4, -0.2) is 24.8 Å². The van der Waals surface area contributed by atoms with E-state index in [-0.39, 0.29) is 29.3 Å². The number of phenolic OH excluding ortho intramolecular Hbond substituents is 1. The van der Waals surface area contributed by atoms with Gasteiger partial charge in [0, 0.05) is 11.5 Å². The van der Waals surface area contributed by atoms with Gasteiger partial charge in [0.25, 0.3) is 0 Å². The zero-order valence-electron chi connectivity index (χ0n) is 10.4. The third kappa shape index (κ3) is 2.37. The highest BCUT2D eigenvalue weighted by Crippen LogP contribution is 2.30. The van der Waals surface area contributed by atoms with Gasteiger partial charge in [-0.05, 0) is 19.1 Å². The van der Waals surface area contributed by atoms with E-state index in [1.807, 2.05) is 0 Å². The summed E-state index contributed by atoms with van der Waals surface area (Å²) in [4.78, 5) is 23.2. The van der Waals surface area contributed by atoms with Crippen LogP contribution >= 0.6 is 0 Å².